The molecular formula is C14H29NO. The van der Waals surface area contributed by atoms with Crippen LogP contribution in [0.1, 0.15) is 59.8 Å². The molecule has 96 valence electrons. The molecule has 0 saturated carbocycles. The molecule has 1 fully saturated rings. The van der Waals surface area contributed by atoms with Crippen molar-refractivity contribution in [3.05, 3.63) is 0 Å². The van der Waals surface area contributed by atoms with E-state index in [0.29, 0.717) is 0 Å². The zero-order valence-electron chi connectivity index (χ0n) is 11.8. The van der Waals surface area contributed by atoms with Gasteiger partial charge in [0.25, 0.3) is 0 Å². The lowest BCUT2D eigenvalue weighted by Gasteiger charge is -2.53. The van der Waals surface area contributed by atoms with Crippen LogP contribution in [0.4, 0.5) is 0 Å². The van der Waals surface area contributed by atoms with Crippen molar-refractivity contribution in [3.63, 3.8) is 0 Å². The molecule has 0 spiro atoms. The van der Waals surface area contributed by atoms with Crippen molar-refractivity contribution >= 4 is 0 Å². The first kappa shape index (κ1) is 14.0. The van der Waals surface area contributed by atoms with E-state index < -0.39 is 0 Å². The maximum Gasteiger partial charge on any atom is 0.0832 e. The summed E-state index contributed by atoms with van der Waals surface area (Å²) in [6.07, 6.45) is 6.20. The number of unbranched alkanes of at least 4 members (excludes halogenated alkanes) is 2. The van der Waals surface area contributed by atoms with Gasteiger partial charge in [-0.1, -0.05) is 19.8 Å². The van der Waals surface area contributed by atoms with Crippen LogP contribution in [0.2, 0.25) is 0 Å². The van der Waals surface area contributed by atoms with Crippen molar-refractivity contribution in [1.82, 2.24) is 4.90 Å². The van der Waals surface area contributed by atoms with E-state index in [1.54, 1.807) is 0 Å². The van der Waals surface area contributed by atoms with Gasteiger partial charge < -0.3 is 4.74 Å². The molecule has 1 aliphatic heterocycles. The van der Waals surface area contributed by atoms with Crippen molar-refractivity contribution in [2.75, 3.05) is 20.2 Å². The third-order valence-corrected chi connectivity index (χ3v) is 4.56. The second-order valence-corrected chi connectivity index (χ2v) is 5.87. The maximum absolute atomic E-state index is 6.22. The van der Waals surface area contributed by atoms with E-state index in [1.807, 2.05) is 0 Å². The fourth-order valence-corrected chi connectivity index (χ4v) is 2.54. The van der Waals surface area contributed by atoms with Gasteiger partial charge in [-0.3, -0.25) is 4.90 Å². The Hall–Kier alpha value is -0.0800. The topological polar surface area (TPSA) is 12.5 Å². The second-order valence-electron chi connectivity index (χ2n) is 5.87. The van der Waals surface area contributed by atoms with E-state index in [0.717, 1.165) is 6.61 Å². The Kier molecular flexibility index (Phi) is 4.81. The van der Waals surface area contributed by atoms with Crippen molar-refractivity contribution < 1.29 is 4.74 Å². The highest BCUT2D eigenvalue weighted by Gasteiger charge is 2.46. The van der Waals surface area contributed by atoms with Crippen LogP contribution in [0.25, 0.3) is 0 Å². The lowest BCUT2D eigenvalue weighted by Crippen LogP contribution is -2.62. The number of nitrogens with zero attached hydrogens (tertiary/aromatic N) is 1. The van der Waals surface area contributed by atoms with Crippen LogP contribution in [-0.4, -0.2) is 36.2 Å². The molecule has 1 saturated heterocycles. The number of piperidine rings is 1. The molecule has 0 amide bonds. The largest absolute Gasteiger partial charge is 0.373 e. The molecule has 0 N–H and O–H groups in total. The Bertz CT molecular complexity index is 215. The number of likely N-dealkylation sites (tertiary alicyclic amines) is 1. The van der Waals surface area contributed by atoms with E-state index in [1.165, 1.54) is 38.6 Å². The summed E-state index contributed by atoms with van der Waals surface area (Å²) in [5.74, 6) is 0. The van der Waals surface area contributed by atoms with Crippen LogP contribution < -0.4 is 0 Å². The average molecular weight is 227 g/mol. The van der Waals surface area contributed by atoms with Crippen LogP contribution >= 0.6 is 0 Å². The van der Waals surface area contributed by atoms with Crippen LogP contribution in [0.15, 0.2) is 0 Å². The van der Waals surface area contributed by atoms with Crippen LogP contribution in [0.5, 0.6) is 0 Å². The summed E-state index contributed by atoms with van der Waals surface area (Å²) in [6.45, 7) is 11.3. The Labute approximate surface area is 101 Å². The van der Waals surface area contributed by atoms with E-state index in [-0.39, 0.29) is 11.1 Å². The fourth-order valence-electron chi connectivity index (χ4n) is 2.54. The van der Waals surface area contributed by atoms with Gasteiger partial charge in [-0.2, -0.15) is 0 Å². The fraction of sp³-hybridized carbons (Fsp3) is 1.00. The van der Waals surface area contributed by atoms with E-state index in [9.17, 15) is 0 Å². The number of hydrogen-bond acceptors (Lipinski definition) is 2. The maximum atomic E-state index is 6.22. The predicted octanol–water partition coefficient (Wildman–Crippen LogP) is 3.46. The van der Waals surface area contributed by atoms with Gasteiger partial charge >= 0.3 is 0 Å². The second kappa shape index (κ2) is 5.50. The molecule has 1 rings (SSSR count). The molecule has 0 bridgehead atoms. The van der Waals surface area contributed by atoms with Gasteiger partial charge in [-0.25, -0.2) is 0 Å². The summed E-state index contributed by atoms with van der Waals surface area (Å²) in [6, 6.07) is 0. The lowest BCUT2D eigenvalue weighted by atomic mass is 9.76. The highest BCUT2D eigenvalue weighted by Crippen LogP contribution is 2.38. The molecule has 2 nitrogen and oxygen atoms in total. The molecule has 1 unspecified atom stereocenters. The Morgan fingerprint density at radius 2 is 1.88 bits per heavy atom. The van der Waals surface area contributed by atoms with Gasteiger partial charge in [0.2, 0.25) is 0 Å². The first-order valence-corrected chi connectivity index (χ1v) is 6.79. The molecule has 1 atom stereocenters. The highest BCUT2D eigenvalue weighted by atomic mass is 16.5. The highest BCUT2D eigenvalue weighted by molar-refractivity contribution is 5.02. The molecule has 0 radical (unpaired) electrons. The number of rotatable bonds is 5. The third-order valence-electron chi connectivity index (χ3n) is 4.56. The molecule has 16 heavy (non-hydrogen) atoms. The minimum absolute atomic E-state index is 0.0216. The Morgan fingerprint density at radius 3 is 2.50 bits per heavy atom. The van der Waals surface area contributed by atoms with Crippen LogP contribution in [0.3, 0.4) is 0 Å². The summed E-state index contributed by atoms with van der Waals surface area (Å²) in [7, 11) is 2.22. The number of likely N-dealkylation sites (N-methyl/N-ethyl adjacent to an activating group) is 1. The van der Waals surface area contributed by atoms with Crippen LogP contribution in [0, 0.1) is 0 Å². The van der Waals surface area contributed by atoms with Gasteiger partial charge in [-0.05, 0) is 53.6 Å². The van der Waals surface area contributed by atoms with Gasteiger partial charge in [0.1, 0.15) is 0 Å². The zero-order valence-corrected chi connectivity index (χ0v) is 11.8. The standard InChI is InChI=1S/C14H29NO/c1-6-7-8-12-16-14(4)10-9-11-15(5)13(14,2)3/h6-12H2,1-5H3. The van der Waals surface area contributed by atoms with Crippen molar-refractivity contribution in [1.29, 1.82) is 0 Å². The zero-order chi connectivity index (χ0) is 12.2. The van der Waals surface area contributed by atoms with Crippen molar-refractivity contribution in [2.45, 2.75) is 70.9 Å². The summed E-state index contributed by atoms with van der Waals surface area (Å²) >= 11 is 0. The molecule has 0 aromatic rings. The van der Waals surface area contributed by atoms with E-state index >= 15 is 0 Å². The summed E-state index contributed by atoms with van der Waals surface area (Å²) in [5, 5.41) is 0. The van der Waals surface area contributed by atoms with Gasteiger partial charge in [-0.15, -0.1) is 0 Å². The first-order valence-electron chi connectivity index (χ1n) is 6.79. The lowest BCUT2D eigenvalue weighted by molar-refractivity contribution is -0.149. The average Bonchev–Trinajstić information content (AvgIpc) is 2.22. The van der Waals surface area contributed by atoms with Gasteiger partial charge in [0.15, 0.2) is 0 Å². The van der Waals surface area contributed by atoms with E-state index in [2.05, 4.69) is 39.6 Å². The minimum atomic E-state index is 0.0216. The van der Waals surface area contributed by atoms with Crippen LogP contribution in [-0.2, 0) is 4.74 Å². The minimum Gasteiger partial charge on any atom is -0.373 e. The SMILES string of the molecule is CCCCCOC1(C)CCCN(C)C1(C)C. The first-order chi connectivity index (χ1) is 7.44. The molecule has 2 heteroatoms. The molecule has 0 aromatic carbocycles. The summed E-state index contributed by atoms with van der Waals surface area (Å²) in [5.41, 5.74) is 0.172. The number of ether oxygens (including phenoxy) is 1. The number of hydrogen-bond donors (Lipinski definition) is 0. The summed E-state index contributed by atoms with van der Waals surface area (Å²) < 4.78 is 6.22. The monoisotopic (exact) mass is 227 g/mol. The Morgan fingerprint density at radius 1 is 1.19 bits per heavy atom. The van der Waals surface area contributed by atoms with Crippen molar-refractivity contribution in [3.8, 4) is 0 Å². The smallest absolute Gasteiger partial charge is 0.0832 e. The van der Waals surface area contributed by atoms with E-state index in [4.69, 9.17) is 4.74 Å². The third kappa shape index (κ3) is 2.78. The quantitative estimate of drug-likeness (QED) is 0.667. The predicted molar refractivity (Wildman–Crippen MR) is 69.8 cm³/mol. The molecule has 1 heterocycles. The van der Waals surface area contributed by atoms with Crippen molar-refractivity contribution in [2.24, 2.45) is 0 Å². The molecule has 0 aromatic heterocycles. The molecule has 1 aliphatic rings. The Balaban J connectivity index is 2.52. The summed E-state index contributed by atoms with van der Waals surface area (Å²) in [4.78, 5) is 2.44. The van der Waals surface area contributed by atoms with Gasteiger partial charge in [0, 0.05) is 12.1 Å². The molecular weight excluding hydrogens is 198 g/mol. The normalized spacial score (nSPS) is 30.6. The van der Waals surface area contributed by atoms with Gasteiger partial charge in [0.05, 0.1) is 5.60 Å². The molecule has 0 aliphatic carbocycles.